The number of nitrogens with zero attached hydrogens (tertiary/aromatic N) is 5. The first-order chi connectivity index (χ1) is 63.6. The number of hydrogen-bond acceptors (Lipinski definition) is 33. The van der Waals surface area contributed by atoms with Gasteiger partial charge in [0.15, 0.2) is 18.3 Å². The van der Waals surface area contributed by atoms with E-state index in [1.165, 1.54) is 17.1 Å². The minimum Gasteiger partial charge on any atom is -0.479 e. The van der Waals surface area contributed by atoms with Crippen LogP contribution in [0.4, 0.5) is 0 Å². The molecule has 9 rings (SSSR count). The lowest BCUT2D eigenvalue weighted by Crippen LogP contribution is -2.61. The summed E-state index contributed by atoms with van der Waals surface area (Å²) in [4.78, 5) is 184. The number of imide groups is 3. The van der Waals surface area contributed by atoms with E-state index >= 15 is 0 Å². The van der Waals surface area contributed by atoms with Gasteiger partial charge in [-0.15, -0.1) is 0 Å². The SMILES string of the molecule is CC(C)(C)C(=O)OCc1ccc(CCCCNC(=O)CCCCCN2C(=O)C=CC2=O)cc1O[C@H]1O[C@@H](C(=O)O)[C@H](O)[C@@H](O)[C@@H]1O.CC(C)(C)C(=O)OCc1ccc(CCCCNC(=O)CN2C(=O)C=CC2=O)cc1O[C@@H]1O[C@H](C(=O)O)[C@@H](O)[C@H](O)[C@H]1O.CC(C)(C)C(=O)OCc1ccc(CCCN(CCC[N+](C)(C)C)C(=O)CN2C(=O)C=CC2=O)cc1O[C@@H]1O[C@H](C(=O)O)[C@@H](O)[C@H](O)[C@H]1O. The predicted octanol–water partition coefficient (Wildman–Crippen LogP) is 0.211. The minimum absolute atomic E-state index is 0.0837. The quantitative estimate of drug-likeness (QED) is 0.0118. The van der Waals surface area contributed by atoms with Crippen LogP contribution >= 0.6 is 0 Å². The van der Waals surface area contributed by atoms with Crippen molar-refractivity contribution in [2.75, 3.05) is 73.5 Å². The number of carbonyl (C=O) groups excluding carboxylic acids is 12. The van der Waals surface area contributed by atoms with Crippen LogP contribution in [0.1, 0.15) is 160 Å². The molecule has 43 nitrogen and oxygen atoms in total. The molecule has 0 saturated carbocycles. The number of hydrogen-bond donors (Lipinski definition) is 14. The average Bonchev–Trinajstić information content (AvgIpc) is 1.01. The Labute approximate surface area is 785 Å². The first-order valence-corrected chi connectivity index (χ1v) is 44.5. The van der Waals surface area contributed by atoms with Crippen LogP contribution in [0.3, 0.4) is 0 Å². The first-order valence-electron chi connectivity index (χ1n) is 44.5. The molecule has 15 atom stereocenters. The summed E-state index contributed by atoms with van der Waals surface area (Å²) in [5.41, 5.74) is 1.10. The van der Waals surface area contributed by atoms with Gasteiger partial charge in [0.2, 0.25) is 36.6 Å². The fourth-order valence-corrected chi connectivity index (χ4v) is 13.9. The highest BCUT2D eigenvalue weighted by Gasteiger charge is 2.52. The number of carbonyl (C=O) groups is 15. The van der Waals surface area contributed by atoms with Crippen LogP contribution in [0, 0.1) is 16.2 Å². The number of carboxylic acid groups (broad SMARTS) is 3. The van der Waals surface area contributed by atoms with Gasteiger partial charge in [-0.05, 0) is 161 Å². The molecule has 6 aliphatic heterocycles. The lowest BCUT2D eigenvalue weighted by Gasteiger charge is -2.38. The number of carboxylic acids is 3. The molecule has 3 aromatic carbocycles. The number of nitrogens with one attached hydrogen (secondary N) is 2. The van der Waals surface area contributed by atoms with Gasteiger partial charge in [-0.2, -0.15) is 0 Å². The molecule has 0 unspecified atom stereocenters. The zero-order chi connectivity index (χ0) is 101. The Hall–Kier alpha value is -11.6. The Morgan fingerprint density at radius 2 is 0.699 bits per heavy atom. The Bertz CT molecular complexity index is 4780. The van der Waals surface area contributed by atoms with E-state index in [1.54, 1.807) is 116 Å². The molecule has 750 valence electrons. The average molecular weight is 1920 g/mol. The third-order valence-electron chi connectivity index (χ3n) is 22.0. The lowest BCUT2D eigenvalue weighted by molar-refractivity contribution is -0.870. The van der Waals surface area contributed by atoms with Crippen molar-refractivity contribution in [1.29, 1.82) is 0 Å². The van der Waals surface area contributed by atoms with Crippen LogP contribution in [0.15, 0.2) is 91.1 Å². The van der Waals surface area contributed by atoms with E-state index in [4.69, 9.17) is 42.6 Å². The van der Waals surface area contributed by atoms with E-state index < -0.39 is 174 Å². The summed E-state index contributed by atoms with van der Waals surface area (Å²) in [7, 11) is 6.11. The molecular formula is C93H128N7O36+. The number of aryl methyl sites for hydroxylation is 3. The van der Waals surface area contributed by atoms with Gasteiger partial charge < -0.3 is 124 Å². The fourth-order valence-electron chi connectivity index (χ4n) is 13.9. The second-order valence-corrected chi connectivity index (χ2v) is 37.5. The van der Waals surface area contributed by atoms with Gasteiger partial charge in [0.1, 0.15) is 105 Å². The molecule has 0 radical (unpaired) electrons. The van der Waals surface area contributed by atoms with E-state index in [0.29, 0.717) is 143 Å². The molecule has 3 saturated heterocycles. The predicted molar refractivity (Wildman–Crippen MR) is 472 cm³/mol. The molecule has 6 aliphatic rings. The molecule has 6 heterocycles. The summed E-state index contributed by atoms with van der Waals surface area (Å²) < 4.78 is 50.2. The van der Waals surface area contributed by atoms with Gasteiger partial charge in [0.25, 0.3) is 35.4 Å². The van der Waals surface area contributed by atoms with Gasteiger partial charge in [-0.1, -0.05) is 42.8 Å². The summed E-state index contributed by atoms with van der Waals surface area (Å²) in [5, 5.41) is 126. The van der Waals surface area contributed by atoms with Crippen molar-refractivity contribution >= 4 is 89.0 Å². The summed E-state index contributed by atoms with van der Waals surface area (Å²) >= 11 is 0. The Morgan fingerprint density at radius 3 is 1.03 bits per heavy atom. The van der Waals surface area contributed by atoms with E-state index in [2.05, 4.69) is 10.6 Å². The number of esters is 3. The van der Waals surface area contributed by atoms with E-state index in [1.807, 2.05) is 27.2 Å². The number of ether oxygens (including phenoxy) is 9. The fraction of sp³-hybridized carbons (Fsp3) is 0.581. The van der Waals surface area contributed by atoms with Crippen molar-refractivity contribution in [1.82, 2.24) is 30.2 Å². The highest BCUT2D eigenvalue weighted by Crippen LogP contribution is 2.35. The minimum atomic E-state index is -1.90. The molecule has 0 aliphatic carbocycles. The van der Waals surface area contributed by atoms with Crippen molar-refractivity contribution in [3.8, 4) is 17.2 Å². The number of benzene rings is 3. The van der Waals surface area contributed by atoms with Crippen molar-refractivity contribution in [3.63, 3.8) is 0 Å². The summed E-state index contributed by atoms with van der Waals surface area (Å²) in [5.74, 6) is -9.46. The van der Waals surface area contributed by atoms with Crippen molar-refractivity contribution < 1.29 is 180 Å². The van der Waals surface area contributed by atoms with E-state index in [9.17, 15) is 133 Å². The Morgan fingerprint density at radius 1 is 0.382 bits per heavy atom. The van der Waals surface area contributed by atoms with Crippen LogP contribution in [0.2, 0.25) is 0 Å². The monoisotopic (exact) mass is 1920 g/mol. The van der Waals surface area contributed by atoms with Crippen molar-refractivity contribution in [2.45, 2.75) is 258 Å². The summed E-state index contributed by atoms with van der Waals surface area (Å²) in [6, 6.07) is 15.1. The van der Waals surface area contributed by atoms with Gasteiger partial charge in [-0.25, -0.2) is 14.4 Å². The second-order valence-electron chi connectivity index (χ2n) is 37.5. The maximum atomic E-state index is 13.2. The first kappa shape index (κ1) is 111. The highest BCUT2D eigenvalue weighted by atomic mass is 16.7. The number of rotatable bonds is 43. The van der Waals surface area contributed by atoms with Gasteiger partial charge in [0.05, 0.1) is 43.9 Å². The standard InChI is InChI=1S/C33H47N3O12.C32H44N2O12.C28H36N2O12/c1-33(2,3)32(45)46-19-21-11-10-20(17-22(21)47-31-28(42)26(40)27(41)29(48-31)30(43)44)9-7-14-34(15-8-16-36(4,5)6)25(39)18-35-23(37)12-13-24(35)38;1-32(2,3)31(43)44-18-20-12-11-19(17-21(20)45-30-27(40)25(38)26(39)28(46-30)29(41)42)9-6-7-15-33-22(35)10-5-4-8-16-34-23(36)13-14-24(34)37;1-28(2,3)27(39)40-14-16-8-7-15(6-4-5-11-29-18(31)13-30-19(32)9-10-20(30)33)12-17(16)41-26-23(36)21(34)22(35)24(42-26)25(37)38/h10-13,17,26-29,31,40-42H,7-9,14-16,18-19H2,1-6H3;11-14,17,25-28,30,38-40H,4-10,15-16,18H2,1-3H3,(H,33,35)(H,41,42);7-10,12,21-24,26,34-36H,4-6,11,13-14H2,1-3H3,(H,29,31)(H,37,38)/p+1/t26-,27-,28+,29-,31+;25-,26-,27+,28-,30+;21-,22-,23+,24-,26+/m010/s1. The van der Waals surface area contributed by atoms with Crippen molar-refractivity contribution in [3.05, 3.63) is 124 Å². The van der Waals surface area contributed by atoms with Gasteiger partial charge >= 0.3 is 35.8 Å². The molecule has 9 amide bonds. The number of amides is 9. The zero-order valence-corrected chi connectivity index (χ0v) is 78.2. The summed E-state index contributed by atoms with van der Waals surface area (Å²) in [6.07, 6.45) is -12.7. The maximum absolute atomic E-state index is 13.2. The molecule has 136 heavy (non-hydrogen) atoms. The van der Waals surface area contributed by atoms with Crippen LogP contribution in [-0.2, 0) is 139 Å². The van der Waals surface area contributed by atoms with Gasteiger partial charge in [-0.3, -0.25) is 72.2 Å². The molecule has 43 heteroatoms. The molecule has 14 N–H and O–H groups in total. The van der Waals surface area contributed by atoms with E-state index in [0.717, 1.165) is 51.8 Å². The molecule has 0 bridgehead atoms. The molecule has 0 spiro atoms. The van der Waals surface area contributed by atoms with E-state index in [-0.39, 0.29) is 73.8 Å². The third kappa shape index (κ3) is 33.4. The van der Waals surface area contributed by atoms with Crippen LogP contribution in [0.5, 0.6) is 17.2 Å². The van der Waals surface area contributed by atoms with Gasteiger partial charge in [0, 0.05) is 98.7 Å². The maximum Gasteiger partial charge on any atom is 0.335 e. The number of quaternary nitrogens is 1. The molecular weight excluding hydrogens is 1790 g/mol. The third-order valence-corrected chi connectivity index (χ3v) is 22.0. The van der Waals surface area contributed by atoms with Crippen LogP contribution < -0.4 is 24.8 Å². The summed E-state index contributed by atoms with van der Waals surface area (Å²) in [6.45, 7) is 16.5. The zero-order valence-electron chi connectivity index (χ0n) is 78.2. The molecule has 3 aromatic rings. The smallest absolute Gasteiger partial charge is 0.335 e. The number of aliphatic carboxylic acids is 3. The lowest BCUT2D eigenvalue weighted by atomic mass is 9.97. The Kier molecular flexibility index (Phi) is 41.3. The number of aliphatic hydroxyl groups excluding tert-OH is 9. The molecule has 3 fully saturated rings. The second kappa shape index (κ2) is 50.5. The largest absolute Gasteiger partial charge is 0.479 e. The van der Waals surface area contributed by atoms with Crippen LogP contribution in [-0.4, -0.2) is 340 Å². The number of aliphatic hydroxyl groups is 9. The molecule has 0 aromatic heterocycles. The van der Waals surface area contributed by atoms with Crippen molar-refractivity contribution in [2.24, 2.45) is 16.2 Å². The normalized spacial score (nSPS) is 23.3. The topological polar surface area (TPSA) is 619 Å². The number of unbranched alkanes of at least 4 members (excludes halogenated alkanes) is 4. The van der Waals surface area contributed by atoms with Crippen LogP contribution in [0.25, 0.3) is 0 Å². The Balaban J connectivity index is 0.000000279. The highest BCUT2D eigenvalue weighted by molar-refractivity contribution is 6.15.